The number of β-amino-alcohol motifs (C(OH)–C–C–N with tert-alkyl or cyclic N) is 1. The molecule has 1 aliphatic heterocycles. The molecule has 0 aromatic rings. The Balaban J connectivity index is 2.30. The van der Waals surface area contributed by atoms with Crippen LogP contribution < -0.4 is 0 Å². The van der Waals surface area contributed by atoms with Gasteiger partial charge in [0.25, 0.3) is 0 Å². The zero-order valence-corrected chi connectivity index (χ0v) is 7.05. The molecule has 0 bridgehead atoms. The van der Waals surface area contributed by atoms with E-state index < -0.39 is 0 Å². The number of hydrogen-bond acceptors (Lipinski definition) is 2. The Labute approximate surface area is 63.4 Å². The predicted molar refractivity (Wildman–Crippen MR) is 40.8 cm³/mol. The summed E-state index contributed by atoms with van der Waals surface area (Å²) in [5, 5.41) is 9.34. The molecule has 2 nitrogen and oxygen atoms in total. The first-order chi connectivity index (χ1) is 3.66. The predicted octanol–water partition coefficient (Wildman–Crippen LogP) is 0.793. The molecule has 0 amide bonds. The van der Waals surface area contributed by atoms with E-state index in [0.29, 0.717) is 0 Å². The lowest BCUT2D eigenvalue weighted by molar-refractivity contribution is -0.0489. The lowest BCUT2D eigenvalue weighted by Gasteiger charge is -2.42. The summed E-state index contributed by atoms with van der Waals surface area (Å²) in [5.74, 6) is 0. The zero-order chi connectivity index (χ0) is 6.20. The Morgan fingerprint density at radius 2 is 2.25 bits per heavy atom. The number of halogens is 1. The molecule has 0 radical (unpaired) electrons. The van der Waals surface area contributed by atoms with E-state index in [1.165, 1.54) is 0 Å². The van der Waals surface area contributed by atoms with Crippen LogP contribution in [0.3, 0.4) is 0 Å². The minimum Gasteiger partial charge on any atom is -0.387 e. The van der Waals surface area contributed by atoms with Gasteiger partial charge in [-0.15, -0.1) is 0 Å². The fraction of sp³-hybridized carbons (Fsp3) is 1.00. The third-order valence-corrected chi connectivity index (χ3v) is 2.27. The maximum atomic E-state index is 9.34. The summed E-state index contributed by atoms with van der Waals surface area (Å²) in [6.07, 6.45) is 0.881. The molecule has 1 fully saturated rings. The first-order valence-corrected chi connectivity index (χ1v) is 3.76. The Morgan fingerprint density at radius 3 is 2.38 bits per heavy atom. The summed E-state index contributed by atoms with van der Waals surface area (Å²) >= 11 is 2.22. The number of rotatable bonds is 1. The van der Waals surface area contributed by atoms with Gasteiger partial charge in [0.05, 0.1) is 5.60 Å². The molecular weight excluding hydrogens is 217 g/mol. The van der Waals surface area contributed by atoms with Gasteiger partial charge in [0, 0.05) is 36.0 Å². The molecule has 0 aliphatic carbocycles. The van der Waals surface area contributed by atoms with Crippen LogP contribution in [-0.4, -0.2) is 26.9 Å². The lowest BCUT2D eigenvalue weighted by Crippen LogP contribution is -2.56. The minimum absolute atomic E-state index is 0.346. The Bertz CT molecular complexity index is 90.4. The van der Waals surface area contributed by atoms with Crippen molar-refractivity contribution in [3.63, 3.8) is 0 Å². The summed E-state index contributed by atoms with van der Waals surface area (Å²) < 4.78 is 2.08. The van der Waals surface area contributed by atoms with Crippen molar-refractivity contribution in [1.29, 1.82) is 0 Å². The van der Waals surface area contributed by atoms with Crippen molar-refractivity contribution in [2.45, 2.75) is 18.9 Å². The van der Waals surface area contributed by atoms with Crippen LogP contribution in [0.4, 0.5) is 0 Å². The van der Waals surface area contributed by atoms with E-state index >= 15 is 0 Å². The molecule has 0 aromatic heterocycles. The van der Waals surface area contributed by atoms with E-state index in [4.69, 9.17) is 0 Å². The molecule has 8 heavy (non-hydrogen) atoms. The molecule has 0 aromatic carbocycles. The van der Waals surface area contributed by atoms with Crippen molar-refractivity contribution in [3.05, 3.63) is 0 Å². The third kappa shape index (κ3) is 1.14. The highest BCUT2D eigenvalue weighted by Crippen LogP contribution is 2.26. The number of nitrogens with zero attached hydrogens (tertiary/aromatic N) is 1. The Morgan fingerprint density at radius 1 is 1.75 bits per heavy atom. The van der Waals surface area contributed by atoms with E-state index in [2.05, 4.69) is 26.0 Å². The van der Waals surface area contributed by atoms with Gasteiger partial charge in [-0.05, 0) is 6.42 Å². The second kappa shape index (κ2) is 2.11. The van der Waals surface area contributed by atoms with Crippen molar-refractivity contribution in [2.24, 2.45) is 0 Å². The molecule has 0 unspecified atom stereocenters. The maximum absolute atomic E-state index is 9.34. The standard InChI is InChI=1S/C5H10INO/c1-2-5(8)3-7(6)4-5/h8H,2-4H2,1H3. The molecular formula is C5H10INO. The van der Waals surface area contributed by atoms with Gasteiger partial charge in [-0.1, -0.05) is 6.92 Å². The zero-order valence-electron chi connectivity index (χ0n) is 4.89. The van der Waals surface area contributed by atoms with Crippen molar-refractivity contribution in [3.8, 4) is 0 Å². The average Bonchev–Trinajstić information content (AvgIpc) is 1.63. The monoisotopic (exact) mass is 227 g/mol. The molecule has 0 atom stereocenters. The van der Waals surface area contributed by atoms with E-state index in [0.717, 1.165) is 19.5 Å². The molecule has 48 valence electrons. The number of hydrogen-bond donors (Lipinski definition) is 1. The fourth-order valence-electron chi connectivity index (χ4n) is 0.816. The highest BCUT2D eigenvalue weighted by Gasteiger charge is 2.37. The van der Waals surface area contributed by atoms with Gasteiger partial charge in [-0.2, -0.15) is 0 Å². The fourth-order valence-corrected chi connectivity index (χ4v) is 2.09. The smallest absolute Gasteiger partial charge is 0.0913 e. The second-order valence-electron chi connectivity index (χ2n) is 2.36. The first-order valence-electron chi connectivity index (χ1n) is 2.79. The molecule has 0 saturated carbocycles. The molecule has 0 spiro atoms. The average molecular weight is 227 g/mol. The molecule has 1 aliphatic rings. The minimum atomic E-state index is -0.346. The van der Waals surface area contributed by atoms with Gasteiger partial charge in [0.2, 0.25) is 0 Å². The topological polar surface area (TPSA) is 23.5 Å². The van der Waals surface area contributed by atoms with Crippen LogP contribution in [0.15, 0.2) is 0 Å². The molecule has 1 rings (SSSR count). The number of aliphatic hydroxyl groups is 1. The van der Waals surface area contributed by atoms with E-state index in [1.807, 2.05) is 6.92 Å². The van der Waals surface area contributed by atoms with Gasteiger partial charge in [-0.25, -0.2) is 3.11 Å². The molecule has 1 N–H and O–H groups in total. The van der Waals surface area contributed by atoms with Crippen molar-refractivity contribution in [1.82, 2.24) is 3.11 Å². The third-order valence-electron chi connectivity index (χ3n) is 1.59. The largest absolute Gasteiger partial charge is 0.387 e. The highest BCUT2D eigenvalue weighted by molar-refractivity contribution is 14.1. The second-order valence-corrected chi connectivity index (χ2v) is 3.72. The molecule has 1 heterocycles. The van der Waals surface area contributed by atoms with Crippen molar-refractivity contribution in [2.75, 3.05) is 13.1 Å². The maximum Gasteiger partial charge on any atom is 0.0913 e. The van der Waals surface area contributed by atoms with Crippen molar-refractivity contribution < 1.29 is 5.11 Å². The van der Waals surface area contributed by atoms with Gasteiger partial charge in [0.15, 0.2) is 0 Å². The molecule has 3 heteroatoms. The van der Waals surface area contributed by atoms with E-state index in [9.17, 15) is 5.11 Å². The van der Waals surface area contributed by atoms with Crippen LogP contribution in [0, 0.1) is 0 Å². The summed E-state index contributed by atoms with van der Waals surface area (Å²) in [7, 11) is 0. The Kier molecular flexibility index (Phi) is 1.79. The van der Waals surface area contributed by atoms with Crippen molar-refractivity contribution >= 4 is 22.9 Å². The Hall–Kier alpha value is 0.650. The quantitative estimate of drug-likeness (QED) is 0.528. The SMILES string of the molecule is CCC1(O)CN(I)C1. The van der Waals surface area contributed by atoms with Crippen LogP contribution in [0.1, 0.15) is 13.3 Å². The van der Waals surface area contributed by atoms with Crippen LogP contribution in [0.25, 0.3) is 0 Å². The van der Waals surface area contributed by atoms with Gasteiger partial charge < -0.3 is 5.11 Å². The normalized spacial score (nSPS) is 27.4. The van der Waals surface area contributed by atoms with E-state index in [1.54, 1.807) is 0 Å². The summed E-state index contributed by atoms with van der Waals surface area (Å²) in [4.78, 5) is 0. The highest BCUT2D eigenvalue weighted by atomic mass is 127. The van der Waals surface area contributed by atoms with Crippen LogP contribution >= 0.6 is 22.9 Å². The van der Waals surface area contributed by atoms with E-state index in [-0.39, 0.29) is 5.60 Å². The van der Waals surface area contributed by atoms with Gasteiger partial charge in [0.1, 0.15) is 0 Å². The first kappa shape index (κ1) is 6.77. The molecule has 1 saturated heterocycles. The van der Waals surface area contributed by atoms with Gasteiger partial charge >= 0.3 is 0 Å². The summed E-state index contributed by atoms with van der Waals surface area (Å²) in [6.45, 7) is 3.69. The summed E-state index contributed by atoms with van der Waals surface area (Å²) in [6, 6.07) is 0. The van der Waals surface area contributed by atoms with Gasteiger partial charge in [-0.3, -0.25) is 0 Å². The van der Waals surface area contributed by atoms with Crippen LogP contribution in [0.5, 0.6) is 0 Å². The lowest BCUT2D eigenvalue weighted by atomic mass is 9.95. The summed E-state index contributed by atoms with van der Waals surface area (Å²) in [5.41, 5.74) is -0.346. The van der Waals surface area contributed by atoms with Crippen LogP contribution in [-0.2, 0) is 0 Å². The van der Waals surface area contributed by atoms with Crippen LogP contribution in [0.2, 0.25) is 0 Å².